The Balaban J connectivity index is 2.73. The van der Waals surface area contributed by atoms with E-state index in [1.165, 1.54) is 0 Å². The Bertz CT molecular complexity index is 641. The van der Waals surface area contributed by atoms with Gasteiger partial charge in [-0.2, -0.15) is 10.2 Å². The van der Waals surface area contributed by atoms with Crippen molar-refractivity contribution in [2.24, 2.45) is 0 Å². The maximum absolute atomic E-state index is 11.3. The average molecular weight is 277 g/mol. The van der Waals surface area contributed by atoms with Gasteiger partial charge in [-0.25, -0.2) is 9.36 Å². The van der Waals surface area contributed by atoms with E-state index in [-0.39, 0.29) is 10.6 Å². The highest BCUT2D eigenvalue weighted by Crippen LogP contribution is 2.28. The fourth-order valence-electron chi connectivity index (χ4n) is 2.29. The molecule has 0 aliphatic carbocycles. The van der Waals surface area contributed by atoms with Crippen LogP contribution in [0.2, 0.25) is 0 Å². The first kappa shape index (κ1) is 14.2. The van der Waals surface area contributed by atoms with E-state index in [0.29, 0.717) is 18.1 Å². The van der Waals surface area contributed by atoms with E-state index >= 15 is 0 Å². The lowest BCUT2D eigenvalue weighted by Crippen LogP contribution is -2.11. The minimum atomic E-state index is -0.378. The van der Waals surface area contributed by atoms with Crippen molar-refractivity contribution in [3.63, 3.8) is 0 Å². The second-order valence-electron chi connectivity index (χ2n) is 4.58. The van der Waals surface area contributed by atoms with Crippen LogP contribution in [0.25, 0.3) is 5.82 Å². The van der Waals surface area contributed by atoms with E-state index < -0.39 is 0 Å². The van der Waals surface area contributed by atoms with Gasteiger partial charge in [-0.1, -0.05) is 13.8 Å². The molecule has 0 N–H and O–H groups in total. The van der Waals surface area contributed by atoms with Crippen molar-refractivity contribution in [1.82, 2.24) is 19.6 Å². The van der Waals surface area contributed by atoms with Crippen molar-refractivity contribution in [2.45, 2.75) is 47.1 Å². The Morgan fingerprint density at radius 1 is 1.25 bits per heavy atom. The topological polar surface area (TPSA) is 78.8 Å². The lowest BCUT2D eigenvalue weighted by atomic mass is 10.2. The van der Waals surface area contributed by atoms with Gasteiger partial charge in [0.15, 0.2) is 0 Å². The number of rotatable bonds is 5. The highest BCUT2D eigenvalue weighted by Gasteiger charge is 2.28. The third kappa shape index (κ3) is 2.19. The molecule has 7 heteroatoms. The molecule has 7 nitrogen and oxygen atoms in total. The molecule has 0 spiro atoms. The highest BCUT2D eigenvalue weighted by molar-refractivity contribution is 5.51. The Kier molecular flexibility index (Phi) is 3.87. The van der Waals surface area contributed by atoms with Crippen molar-refractivity contribution >= 4 is 5.69 Å². The van der Waals surface area contributed by atoms with Crippen molar-refractivity contribution in [2.75, 3.05) is 0 Å². The monoisotopic (exact) mass is 277 g/mol. The molecule has 0 saturated heterocycles. The van der Waals surface area contributed by atoms with Gasteiger partial charge in [0.2, 0.25) is 5.82 Å². The lowest BCUT2D eigenvalue weighted by Gasteiger charge is -2.07. The molecular weight excluding hydrogens is 258 g/mol. The first-order valence-corrected chi connectivity index (χ1v) is 6.83. The van der Waals surface area contributed by atoms with Gasteiger partial charge in [-0.15, -0.1) is 0 Å². The van der Waals surface area contributed by atoms with E-state index in [1.54, 1.807) is 16.3 Å². The molecule has 2 heterocycles. The summed E-state index contributed by atoms with van der Waals surface area (Å²) >= 11 is 0. The molecule has 20 heavy (non-hydrogen) atoms. The smallest absolute Gasteiger partial charge is 0.258 e. The summed E-state index contributed by atoms with van der Waals surface area (Å²) < 4.78 is 3.31. The third-order valence-electron chi connectivity index (χ3n) is 3.31. The molecule has 0 amide bonds. The minimum Gasteiger partial charge on any atom is -0.258 e. The van der Waals surface area contributed by atoms with Crippen LogP contribution in [-0.2, 0) is 19.4 Å². The van der Waals surface area contributed by atoms with Crippen LogP contribution in [-0.4, -0.2) is 24.5 Å². The quantitative estimate of drug-likeness (QED) is 0.621. The fourth-order valence-corrected chi connectivity index (χ4v) is 2.29. The second kappa shape index (κ2) is 5.44. The van der Waals surface area contributed by atoms with Crippen molar-refractivity contribution in [3.8, 4) is 5.82 Å². The molecule has 0 fully saturated rings. The number of aromatic nitrogens is 4. The molecule has 0 unspecified atom stereocenters. The van der Waals surface area contributed by atoms with Crippen molar-refractivity contribution in [3.05, 3.63) is 33.3 Å². The van der Waals surface area contributed by atoms with Gasteiger partial charge in [0.05, 0.1) is 10.6 Å². The maximum atomic E-state index is 11.3. The first-order chi connectivity index (χ1) is 9.53. The highest BCUT2D eigenvalue weighted by atomic mass is 16.6. The molecule has 0 aliphatic rings. The summed E-state index contributed by atoms with van der Waals surface area (Å²) in [6.45, 7) is 8.16. The van der Waals surface area contributed by atoms with Gasteiger partial charge in [0.1, 0.15) is 5.69 Å². The van der Waals surface area contributed by atoms with Crippen molar-refractivity contribution < 1.29 is 4.92 Å². The normalized spacial score (nSPS) is 11.0. The zero-order valence-corrected chi connectivity index (χ0v) is 12.3. The van der Waals surface area contributed by atoms with E-state index in [9.17, 15) is 10.1 Å². The van der Waals surface area contributed by atoms with Crippen molar-refractivity contribution in [1.29, 1.82) is 0 Å². The van der Waals surface area contributed by atoms with E-state index in [0.717, 1.165) is 24.2 Å². The molecule has 108 valence electrons. The number of nitro groups is 1. The van der Waals surface area contributed by atoms with Gasteiger partial charge in [0.25, 0.3) is 0 Å². The van der Waals surface area contributed by atoms with Gasteiger partial charge >= 0.3 is 5.69 Å². The number of aryl methyl sites for hydroxylation is 4. The standard InChI is InChI=1S/C13H19N5O2/c1-5-10-8-11(6-2)17(15-10)13-12(18(19)20)9(4)14-16(13)7-3/h8H,5-7H2,1-4H3. The van der Waals surface area contributed by atoms with Crippen LogP contribution in [0.15, 0.2) is 6.07 Å². The van der Waals surface area contributed by atoms with E-state index in [1.807, 2.05) is 26.8 Å². The summed E-state index contributed by atoms with van der Waals surface area (Å²) in [5.41, 5.74) is 2.34. The fraction of sp³-hybridized carbons (Fsp3) is 0.538. The molecule has 0 radical (unpaired) electrons. The summed E-state index contributed by atoms with van der Waals surface area (Å²) in [6, 6.07) is 1.99. The molecule has 0 bridgehead atoms. The Labute approximate surface area is 117 Å². The largest absolute Gasteiger partial charge is 0.336 e. The zero-order chi connectivity index (χ0) is 14.9. The molecule has 2 rings (SSSR count). The molecular formula is C13H19N5O2. The van der Waals surface area contributed by atoms with Gasteiger partial charge in [-0.3, -0.25) is 10.1 Å². The number of hydrogen-bond acceptors (Lipinski definition) is 4. The third-order valence-corrected chi connectivity index (χ3v) is 3.31. The van der Waals surface area contributed by atoms with E-state index in [4.69, 9.17) is 0 Å². The van der Waals surface area contributed by atoms with Gasteiger partial charge in [-0.05, 0) is 32.8 Å². The molecule has 0 aromatic carbocycles. The van der Waals surface area contributed by atoms with Crippen LogP contribution >= 0.6 is 0 Å². The predicted molar refractivity (Wildman–Crippen MR) is 75.2 cm³/mol. The second-order valence-corrected chi connectivity index (χ2v) is 4.58. The molecule has 2 aromatic heterocycles. The Morgan fingerprint density at radius 3 is 2.45 bits per heavy atom. The lowest BCUT2D eigenvalue weighted by molar-refractivity contribution is -0.385. The average Bonchev–Trinajstić information content (AvgIpc) is 2.98. The minimum absolute atomic E-state index is 0.0345. The van der Waals surface area contributed by atoms with Crippen LogP contribution in [0.4, 0.5) is 5.69 Å². The van der Waals surface area contributed by atoms with E-state index in [2.05, 4.69) is 10.2 Å². The predicted octanol–water partition coefficient (Wildman–Crippen LogP) is 2.43. The van der Waals surface area contributed by atoms with Crippen LogP contribution in [0.5, 0.6) is 0 Å². The number of hydrogen-bond donors (Lipinski definition) is 0. The Hall–Kier alpha value is -2.18. The summed E-state index contributed by atoms with van der Waals surface area (Å²) in [5.74, 6) is 0.451. The zero-order valence-electron chi connectivity index (χ0n) is 12.3. The molecule has 0 aliphatic heterocycles. The summed E-state index contributed by atoms with van der Waals surface area (Å²) in [5, 5.41) is 20.1. The van der Waals surface area contributed by atoms with Crippen LogP contribution in [0, 0.1) is 17.0 Å². The maximum Gasteiger partial charge on any atom is 0.336 e. The first-order valence-electron chi connectivity index (χ1n) is 6.83. The summed E-state index contributed by atoms with van der Waals surface area (Å²) in [6.07, 6.45) is 1.56. The molecule has 0 atom stereocenters. The van der Waals surface area contributed by atoms with Gasteiger partial charge in [0, 0.05) is 12.2 Å². The molecule has 0 saturated carbocycles. The van der Waals surface area contributed by atoms with Crippen LogP contribution in [0.1, 0.15) is 37.9 Å². The van der Waals surface area contributed by atoms with Crippen LogP contribution in [0.3, 0.4) is 0 Å². The number of nitrogens with zero attached hydrogens (tertiary/aromatic N) is 5. The molecule has 2 aromatic rings. The summed E-state index contributed by atoms with van der Waals surface area (Å²) in [4.78, 5) is 11.0. The van der Waals surface area contributed by atoms with Gasteiger partial charge < -0.3 is 0 Å². The van der Waals surface area contributed by atoms with Crippen LogP contribution < -0.4 is 0 Å². The SMILES string of the molecule is CCc1cc(CC)n(-c2c([N+](=O)[O-])c(C)nn2CC)n1. The Morgan fingerprint density at radius 2 is 1.95 bits per heavy atom. The summed E-state index contributed by atoms with van der Waals surface area (Å²) in [7, 11) is 0.